The van der Waals surface area contributed by atoms with Crippen LogP contribution in [0.1, 0.15) is 5.01 Å². The van der Waals surface area contributed by atoms with E-state index < -0.39 is 0 Å². The van der Waals surface area contributed by atoms with Crippen LogP contribution in [-0.4, -0.2) is 38.6 Å². The lowest BCUT2D eigenvalue weighted by Gasteiger charge is -2.08. The number of amides is 1. The second kappa shape index (κ2) is 9.19. The number of carbonyl (C=O) groups is 1. The molecule has 2 heterocycles. The minimum atomic E-state index is -0.168. The number of nitrogens with zero attached hydrogens (tertiary/aromatic N) is 4. The van der Waals surface area contributed by atoms with Gasteiger partial charge in [0, 0.05) is 16.6 Å². The van der Waals surface area contributed by atoms with Crippen molar-refractivity contribution in [3.63, 3.8) is 0 Å². The lowest BCUT2D eigenvalue weighted by atomic mass is 10.1. The number of thioether (sulfide) groups is 1. The number of aromatic nitrogens is 4. The summed E-state index contributed by atoms with van der Waals surface area (Å²) < 4.78 is 6.72. The van der Waals surface area contributed by atoms with Crippen molar-refractivity contribution in [1.82, 2.24) is 19.9 Å². The van der Waals surface area contributed by atoms with Crippen molar-refractivity contribution in [3.05, 3.63) is 58.9 Å². The van der Waals surface area contributed by atoms with Gasteiger partial charge in [0.2, 0.25) is 11.1 Å². The van der Waals surface area contributed by atoms with Gasteiger partial charge in [0.1, 0.15) is 5.75 Å². The molecule has 158 valence electrons. The van der Waals surface area contributed by atoms with Crippen molar-refractivity contribution in [2.75, 3.05) is 24.0 Å². The van der Waals surface area contributed by atoms with E-state index in [0.717, 1.165) is 21.8 Å². The standard InChI is InChI=1S/C21H20N6O2S2/c1-13-23-17(11-30-13)14-6-5-7-15(10-14)24-19(28)12-31-21-26-25-20(27(21)22)16-8-3-4-9-18(16)29-2/h3-11H,12,22H2,1-2H3,(H,24,28). The van der Waals surface area contributed by atoms with Crippen molar-refractivity contribution in [2.24, 2.45) is 0 Å². The number of nitrogens with two attached hydrogens (primary N) is 1. The molecule has 0 aliphatic rings. The molecular weight excluding hydrogens is 432 g/mol. The number of ether oxygens (including phenoxy) is 1. The third-order valence-electron chi connectivity index (χ3n) is 4.41. The van der Waals surface area contributed by atoms with Gasteiger partial charge in [0.05, 0.1) is 29.1 Å². The molecule has 10 heteroatoms. The molecule has 0 unspecified atom stereocenters. The van der Waals surface area contributed by atoms with Crippen molar-refractivity contribution in [3.8, 4) is 28.4 Å². The molecule has 0 aliphatic heterocycles. The van der Waals surface area contributed by atoms with Gasteiger partial charge in [-0.1, -0.05) is 36.0 Å². The first-order chi connectivity index (χ1) is 15.0. The predicted octanol–water partition coefficient (Wildman–Crippen LogP) is 3.83. The average molecular weight is 453 g/mol. The van der Waals surface area contributed by atoms with Gasteiger partial charge in [-0.2, -0.15) is 0 Å². The lowest BCUT2D eigenvalue weighted by Crippen LogP contribution is -2.16. The summed E-state index contributed by atoms with van der Waals surface area (Å²) in [5.41, 5.74) is 3.29. The maximum Gasteiger partial charge on any atom is 0.234 e. The largest absolute Gasteiger partial charge is 0.496 e. The summed E-state index contributed by atoms with van der Waals surface area (Å²) in [5, 5.41) is 14.6. The van der Waals surface area contributed by atoms with E-state index in [-0.39, 0.29) is 11.7 Å². The summed E-state index contributed by atoms with van der Waals surface area (Å²) in [5.74, 6) is 7.24. The summed E-state index contributed by atoms with van der Waals surface area (Å²) in [6.45, 7) is 1.96. The molecule has 4 rings (SSSR count). The van der Waals surface area contributed by atoms with E-state index in [0.29, 0.717) is 22.4 Å². The number of nitrogen functional groups attached to an aromatic ring is 1. The smallest absolute Gasteiger partial charge is 0.234 e. The maximum absolute atomic E-state index is 12.5. The van der Waals surface area contributed by atoms with Crippen LogP contribution >= 0.6 is 23.1 Å². The van der Waals surface area contributed by atoms with Crippen LogP contribution in [0.25, 0.3) is 22.6 Å². The molecule has 0 bridgehead atoms. The average Bonchev–Trinajstić information content (AvgIpc) is 3.38. The van der Waals surface area contributed by atoms with Crippen LogP contribution in [0.15, 0.2) is 59.1 Å². The number of thiazole rings is 1. The molecule has 0 fully saturated rings. The monoisotopic (exact) mass is 452 g/mol. The van der Waals surface area contributed by atoms with Crippen molar-refractivity contribution in [2.45, 2.75) is 12.1 Å². The Morgan fingerprint density at radius 1 is 1.23 bits per heavy atom. The fourth-order valence-electron chi connectivity index (χ4n) is 2.97. The molecule has 4 aromatic rings. The van der Waals surface area contributed by atoms with Gasteiger partial charge in [-0.05, 0) is 31.2 Å². The van der Waals surface area contributed by atoms with Crippen LogP contribution in [0.4, 0.5) is 5.69 Å². The molecular formula is C21H20N6O2S2. The molecule has 31 heavy (non-hydrogen) atoms. The van der Waals surface area contributed by atoms with Gasteiger partial charge < -0.3 is 15.9 Å². The molecule has 0 radical (unpaired) electrons. The molecule has 0 saturated carbocycles. The Balaban J connectivity index is 1.41. The number of para-hydroxylation sites is 1. The van der Waals surface area contributed by atoms with E-state index in [4.69, 9.17) is 10.6 Å². The number of nitrogens with one attached hydrogen (secondary N) is 1. The highest BCUT2D eigenvalue weighted by Gasteiger charge is 2.16. The normalized spacial score (nSPS) is 10.8. The predicted molar refractivity (Wildman–Crippen MR) is 124 cm³/mol. The van der Waals surface area contributed by atoms with Gasteiger partial charge in [-0.25, -0.2) is 9.66 Å². The highest BCUT2D eigenvalue weighted by atomic mass is 32.2. The number of rotatable bonds is 7. The van der Waals surface area contributed by atoms with Gasteiger partial charge >= 0.3 is 0 Å². The Kier molecular flexibility index (Phi) is 6.19. The van der Waals surface area contributed by atoms with E-state index in [9.17, 15) is 4.79 Å². The lowest BCUT2D eigenvalue weighted by molar-refractivity contribution is -0.113. The van der Waals surface area contributed by atoms with Crippen LogP contribution in [-0.2, 0) is 4.79 Å². The molecule has 0 aliphatic carbocycles. The van der Waals surface area contributed by atoms with Gasteiger partial charge in [0.25, 0.3) is 0 Å². The number of hydrogen-bond acceptors (Lipinski definition) is 8. The Hall–Kier alpha value is -3.37. The summed E-state index contributed by atoms with van der Waals surface area (Å²) in [6, 6.07) is 15.0. The zero-order valence-electron chi connectivity index (χ0n) is 16.9. The molecule has 0 atom stereocenters. The van der Waals surface area contributed by atoms with Crippen LogP contribution in [0, 0.1) is 6.92 Å². The van der Waals surface area contributed by atoms with Gasteiger partial charge in [-0.3, -0.25) is 4.79 Å². The number of methoxy groups -OCH3 is 1. The Bertz CT molecular complexity index is 1220. The third-order valence-corrected chi connectivity index (χ3v) is 6.12. The summed E-state index contributed by atoms with van der Waals surface area (Å²) in [4.78, 5) is 16.9. The topological polar surface area (TPSA) is 108 Å². The van der Waals surface area contributed by atoms with Crippen LogP contribution in [0.5, 0.6) is 5.75 Å². The minimum absolute atomic E-state index is 0.140. The number of benzene rings is 2. The first-order valence-electron chi connectivity index (χ1n) is 9.34. The Labute approximate surface area is 187 Å². The van der Waals surface area contributed by atoms with E-state index in [2.05, 4.69) is 20.5 Å². The summed E-state index contributed by atoms with van der Waals surface area (Å²) in [6.07, 6.45) is 0. The van der Waals surface area contributed by atoms with Crippen molar-refractivity contribution >= 4 is 34.7 Å². The van der Waals surface area contributed by atoms with E-state index >= 15 is 0 Å². The highest BCUT2D eigenvalue weighted by molar-refractivity contribution is 7.99. The second-order valence-electron chi connectivity index (χ2n) is 6.55. The van der Waals surface area contributed by atoms with E-state index in [1.165, 1.54) is 16.4 Å². The molecule has 8 nitrogen and oxygen atoms in total. The molecule has 2 aromatic heterocycles. The molecule has 3 N–H and O–H groups in total. The summed E-state index contributed by atoms with van der Waals surface area (Å²) in [7, 11) is 1.58. The fourth-order valence-corrected chi connectivity index (χ4v) is 4.25. The van der Waals surface area contributed by atoms with Gasteiger partial charge in [-0.15, -0.1) is 21.5 Å². The first kappa shape index (κ1) is 20.9. The Morgan fingerprint density at radius 3 is 2.84 bits per heavy atom. The van der Waals surface area contributed by atoms with E-state index in [1.54, 1.807) is 18.4 Å². The van der Waals surface area contributed by atoms with E-state index in [1.807, 2.05) is 60.8 Å². The number of hydrogen-bond donors (Lipinski definition) is 2. The zero-order chi connectivity index (χ0) is 21.8. The van der Waals surface area contributed by atoms with Crippen LogP contribution in [0.2, 0.25) is 0 Å². The van der Waals surface area contributed by atoms with Gasteiger partial charge in [0.15, 0.2) is 5.82 Å². The first-order valence-corrected chi connectivity index (χ1v) is 11.2. The van der Waals surface area contributed by atoms with Crippen molar-refractivity contribution in [1.29, 1.82) is 0 Å². The highest BCUT2D eigenvalue weighted by Crippen LogP contribution is 2.29. The molecule has 2 aromatic carbocycles. The van der Waals surface area contributed by atoms with Crippen LogP contribution < -0.4 is 15.9 Å². The number of aryl methyl sites for hydroxylation is 1. The van der Waals surface area contributed by atoms with Crippen LogP contribution in [0.3, 0.4) is 0 Å². The van der Waals surface area contributed by atoms with Crippen molar-refractivity contribution < 1.29 is 9.53 Å². The SMILES string of the molecule is COc1ccccc1-c1nnc(SCC(=O)Nc2cccc(-c3csc(C)n3)c2)n1N. The number of carbonyl (C=O) groups excluding carboxylic acids is 1. The molecule has 0 saturated heterocycles. The zero-order valence-corrected chi connectivity index (χ0v) is 18.5. The second-order valence-corrected chi connectivity index (χ2v) is 8.55. The fraction of sp³-hybridized carbons (Fsp3) is 0.143. The molecule has 1 amide bonds. The maximum atomic E-state index is 12.5. The Morgan fingerprint density at radius 2 is 2.06 bits per heavy atom. The minimum Gasteiger partial charge on any atom is -0.496 e. The summed E-state index contributed by atoms with van der Waals surface area (Å²) >= 11 is 2.80. The molecule has 0 spiro atoms. The quantitative estimate of drug-likeness (QED) is 0.324. The number of anilines is 1. The third kappa shape index (κ3) is 4.70.